The first-order valence-corrected chi connectivity index (χ1v) is 10.8. The van der Waals surface area contributed by atoms with Gasteiger partial charge in [-0.1, -0.05) is 42.5 Å². The summed E-state index contributed by atoms with van der Waals surface area (Å²) >= 11 is 1.14. The van der Waals surface area contributed by atoms with E-state index >= 15 is 0 Å². The Hall–Kier alpha value is -3.04. The van der Waals surface area contributed by atoms with E-state index in [-0.39, 0.29) is 18.0 Å². The van der Waals surface area contributed by atoms with E-state index in [1.54, 1.807) is 5.41 Å². The van der Waals surface area contributed by atoms with Gasteiger partial charge in [0.1, 0.15) is 24.2 Å². The molecule has 9 heteroatoms. The molecule has 4 rings (SSSR count). The quantitative estimate of drug-likeness (QED) is 0.293. The second kappa shape index (κ2) is 9.62. The first-order chi connectivity index (χ1) is 15.5. The van der Waals surface area contributed by atoms with Crippen molar-refractivity contribution in [1.82, 2.24) is 9.78 Å². The number of halogens is 3. The summed E-state index contributed by atoms with van der Waals surface area (Å²) in [7, 11) is 0. The number of aromatic nitrogens is 2. The van der Waals surface area contributed by atoms with Crippen molar-refractivity contribution in [2.45, 2.75) is 24.8 Å². The molecule has 0 spiro atoms. The predicted molar refractivity (Wildman–Crippen MR) is 118 cm³/mol. The number of thioether (sulfide) groups is 1. The second-order valence-electron chi connectivity index (χ2n) is 7.00. The lowest BCUT2D eigenvalue weighted by Gasteiger charge is -2.13. The highest BCUT2D eigenvalue weighted by atomic mass is 32.2. The molecule has 0 saturated carbocycles. The monoisotopic (exact) mass is 459 g/mol. The van der Waals surface area contributed by atoms with Crippen LogP contribution >= 0.6 is 11.8 Å². The van der Waals surface area contributed by atoms with Gasteiger partial charge in [-0.3, -0.25) is 4.99 Å². The van der Waals surface area contributed by atoms with Crippen LogP contribution in [-0.4, -0.2) is 23.1 Å². The summed E-state index contributed by atoms with van der Waals surface area (Å²) in [4.78, 5) is 4.06. The van der Waals surface area contributed by atoms with Gasteiger partial charge in [0, 0.05) is 11.1 Å². The molecule has 1 atom stereocenters. The summed E-state index contributed by atoms with van der Waals surface area (Å²) in [5.41, 5.74) is 1.52. The molecule has 2 heterocycles. The van der Waals surface area contributed by atoms with Crippen LogP contribution in [0.4, 0.5) is 13.2 Å². The van der Waals surface area contributed by atoms with Crippen LogP contribution in [0.15, 0.2) is 71.2 Å². The third-order valence-corrected chi connectivity index (χ3v) is 5.56. The molecular weight excluding hydrogens is 439 g/mol. The summed E-state index contributed by atoms with van der Waals surface area (Å²) in [5.74, 6) is 0.576. The highest BCUT2D eigenvalue weighted by molar-refractivity contribution is 8.01. The van der Waals surface area contributed by atoms with Crippen molar-refractivity contribution in [3.63, 3.8) is 0 Å². The van der Waals surface area contributed by atoms with Crippen molar-refractivity contribution in [2.75, 3.05) is 6.61 Å². The van der Waals surface area contributed by atoms with Gasteiger partial charge in [0.05, 0.1) is 24.4 Å². The lowest BCUT2D eigenvalue weighted by Crippen LogP contribution is -2.15. The molecule has 1 aliphatic heterocycles. The fourth-order valence-electron chi connectivity index (χ4n) is 3.18. The van der Waals surface area contributed by atoms with Crippen molar-refractivity contribution in [3.8, 4) is 5.75 Å². The molecule has 0 bridgehead atoms. The lowest BCUT2D eigenvalue weighted by molar-refractivity contribution is -0.144. The molecule has 1 aromatic heterocycles. The second-order valence-corrected chi connectivity index (χ2v) is 7.82. The number of nitrogens with zero attached hydrogens (tertiary/aromatic N) is 3. The standard InChI is InChI=1S/C23H20F3N3O2S/c1-27-19(17-9-5-6-10-20(17)30-12-16-7-3-2-4-8-16)14-32-15-29-22(23(24,25)26)18(11-28-29)21-13-31-21/h2-11,14,21H,1,12-13,15H2/b19-14-. The van der Waals surface area contributed by atoms with E-state index < -0.39 is 18.0 Å². The number of benzene rings is 2. The van der Waals surface area contributed by atoms with E-state index in [9.17, 15) is 13.2 Å². The molecule has 32 heavy (non-hydrogen) atoms. The van der Waals surface area contributed by atoms with Crippen LogP contribution in [0.1, 0.15) is 28.5 Å². The Morgan fingerprint density at radius 3 is 2.62 bits per heavy atom. The van der Waals surface area contributed by atoms with Gasteiger partial charge in [-0.25, -0.2) is 4.68 Å². The normalized spacial score (nSPS) is 16.1. The average Bonchev–Trinajstić information content (AvgIpc) is 3.54. The van der Waals surface area contributed by atoms with Crippen molar-refractivity contribution in [1.29, 1.82) is 0 Å². The fourth-order valence-corrected chi connectivity index (χ4v) is 3.95. The van der Waals surface area contributed by atoms with E-state index in [0.29, 0.717) is 23.6 Å². The minimum Gasteiger partial charge on any atom is -0.488 e. The van der Waals surface area contributed by atoms with Crippen molar-refractivity contribution in [2.24, 2.45) is 4.99 Å². The van der Waals surface area contributed by atoms with Gasteiger partial charge in [-0.05, 0) is 29.8 Å². The minimum atomic E-state index is -4.51. The Morgan fingerprint density at radius 2 is 1.94 bits per heavy atom. The number of hydrogen-bond acceptors (Lipinski definition) is 5. The van der Waals surface area contributed by atoms with Crippen LogP contribution in [0.3, 0.4) is 0 Å². The summed E-state index contributed by atoms with van der Waals surface area (Å²) in [6.45, 7) is 4.27. The molecule has 5 nitrogen and oxygen atoms in total. The van der Waals surface area contributed by atoms with Crippen LogP contribution in [0.5, 0.6) is 5.75 Å². The molecule has 0 amide bonds. The van der Waals surface area contributed by atoms with Crippen LogP contribution in [0.25, 0.3) is 5.70 Å². The number of aliphatic imine (C=N–C) groups is 1. The van der Waals surface area contributed by atoms with Gasteiger partial charge < -0.3 is 9.47 Å². The summed E-state index contributed by atoms with van der Waals surface area (Å²) < 4.78 is 52.5. The molecule has 1 aliphatic rings. The number of para-hydroxylation sites is 1. The summed E-state index contributed by atoms with van der Waals surface area (Å²) in [6.07, 6.45) is -3.82. The molecular formula is C23H20F3N3O2S. The van der Waals surface area contributed by atoms with Crippen molar-refractivity contribution in [3.05, 3.63) is 88.6 Å². The van der Waals surface area contributed by atoms with Crippen molar-refractivity contribution >= 4 is 24.2 Å². The van der Waals surface area contributed by atoms with Crippen molar-refractivity contribution < 1.29 is 22.6 Å². The van der Waals surface area contributed by atoms with Crippen LogP contribution in [-0.2, 0) is 23.4 Å². The summed E-state index contributed by atoms with van der Waals surface area (Å²) in [6, 6.07) is 17.1. The SMILES string of the molecule is C=N/C(=C\SCn1ncc(C2CO2)c1C(F)(F)F)c1ccccc1OCc1ccccc1. The molecule has 0 N–H and O–H groups in total. The Morgan fingerprint density at radius 1 is 1.22 bits per heavy atom. The van der Waals surface area contributed by atoms with Gasteiger partial charge in [0.25, 0.3) is 0 Å². The summed E-state index contributed by atoms with van der Waals surface area (Å²) in [5, 5.41) is 5.58. The number of rotatable bonds is 9. The molecule has 1 fully saturated rings. The number of epoxide rings is 1. The van der Waals surface area contributed by atoms with Gasteiger partial charge in [-0.15, -0.1) is 11.8 Å². The molecule has 0 radical (unpaired) electrons. The first-order valence-electron chi connectivity index (χ1n) is 9.76. The maximum Gasteiger partial charge on any atom is 0.433 e. The van der Waals surface area contributed by atoms with E-state index in [4.69, 9.17) is 9.47 Å². The third-order valence-electron chi connectivity index (χ3n) is 4.78. The Balaban J connectivity index is 1.49. The zero-order valence-corrected chi connectivity index (χ0v) is 17.8. The zero-order chi connectivity index (χ0) is 22.6. The lowest BCUT2D eigenvalue weighted by atomic mass is 10.1. The molecule has 166 valence electrons. The van der Waals surface area contributed by atoms with Gasteiger partial charge >= 0.3 is 6.18 Å². The Bertz CT molecular complexity index is 1110. The molecule has 1 saturated heterocycles. The van der Waals surface area contributed by atoms with Gasteiger partial charge in [-0.2, -0.15) is 18.3 Å². The van der Waals surface area contributed by atoms with E-state index in [0.717, 1.165) is 22.0 Å². The van der Waals surface area contributed by atoms with E-state index in [1.807, 2.05) is 54.6 Å². The molecule has 0 aliphatic carbocycles. The van der Waals surface area contributed by atoms with Gasteiger partial charge in [0.15, 0.2) is 0 Å². The Labute approximate surface area is 187 Å². The third kappa shape index (κ3) is 5.23. The van der Waals surface area contributed by atoms with Gasteiger partial charge in [0.2, 0.25) is 0 Å². The van der Waals surface area contributed by atoms with E-state index in [1.165, 1.54) is 6.20 Å². The number of ether oxygens (including phenoxy) is 2. The Kier molecular flexibility index (Phi) is 6.66. The molecule has 1 unspecified atom stereocenters. The molecule has 3 aromatic rings. The topological polar surface area (TPSA) is 51.9 Å². The van der Waals surface area contributed by atoms with Crippen LogP contribution < -0.4 is 4.74 Å². The molecule has 2 aromatic carbocycles. The minimum absolute atomic E-state index is 0.0341. The number of hydrogen-bond donors (Lipinski definition) is 0. The largest absolute Gasteiger partial charge is 0.488 e. The fraction of sp³-hybridized carbons (Fsp3) is 0.217. The number of alkyl halides is 3. The smallest absolute Gasteiger partial charge is 0.433 e. The predicted octanol–water partition coefficient (Wildman–Crippen LogP) is 5.94. The average molecular weight is 459 g/mol. The van der Waals surface area contributed by atoms with Crippen LogP contribution in [0.2, 0.25) is 0 Å². The highest BCUT2D eigenvalue weighted by Crippen LogP contribution is 2.40. The highest BCUT2D eigenvalue weighted by Gasteiger charge is 2.43. The maximum atomic E-state index is 13.5. The van der Waals surface area contributed by atoms with Crippen LogP contribution in [0, 0.1) is 0 Å². The zero-order valence-electron chi connectivity index (χ0n) is 17.0. The first kappa shape index (κ1) is 22.2. The maximum absolute atomic E-state index is 13.5. The van der Waals surface area contributed by atoms with E-state index in [2.05, 4.69) is 16.8 Å².